The quantitative estimate of drug-likeness (QED) is 0.436. The molecule has 1 atom stereocenters. The smallest absolute Gasteiger partial charge is 0.404 e. The Bertz CT molecular complexity index is 1030. The first-order chi connectivity index (χ1) is 14.9. The van der Waals surface area contributed by atoms with E-state index in [2.05, 4.69) is 25.0 Å². The van der Waals surface area contributed by atoms with Crippen LogP contribution in [0.15, 0.2) is 41.8 Å². The Balaban J connectivity index is 2.35. The van der Waals surface area contributed by atoms with Gasteiger partial charge in [0.05, 0.1) is 29.7 Å². The molecule has 8 nitrogen and oxygen atoms in total. The van der Waals surface area contributed by atoms with Crippen molar-refractivity contribution >= 4 is 17.7 Å². The van der Waals surface area contributed by atoms with Crippen molar-refractivity contribution in [3.8, 4) is 5.75 Å². The molecule has 1 aromatic carbocycles. The van der Waals surface area contributed by atoms with E-state index in [-0.39, 0.29) is 17.0 Å². The lowest BCUT2D eigenvalue weighted by atomic mass is 9.91. The average molecular weight is 455 g/mol. The molecule has 2 aromatic rings. The lowest BCUT2D eigenvalue weighted by Crippen LogP contribution is -2.42. The molecule has 12 heteroatoms. The van der Waals surface area contributed by atoms with Gasteiger partial charge in [-0.05, 0) is 31.5 Å². The minimum Gasteiger partial charge on any atom is -0.404 e. The van der Waals surface area contributed by atoms with Gasteiger partial charge in [-0.2, -0.15) is 0 Å². The standard InChI is InChI=1S/C20H21F4N5O3/c1-19(2,31)17(11-4-5-16(13(21)6-11)32-20(22,23)24)29-18(30)15-10-27-9-14(28-15)12(7-25)8-26-3/h4-10,17,31H,25H2,1-3H3,(H,29,30). The SMILES string of the molecule is CN=CC(=CN)c1cncc(C(=O)NC(c2ccc(OC(F)(F)F)c(F)c2)C(C)(C)O)n1. The van der Waals surface area contributed by atoms with Gasteiger partial charge in [-0.25, -0.2) is 9.37 Å². The number of carbonyl (C=O) groups is 1. The van der Waals surface area contributed by atoms with Crippen molar-refractivity contribution < 1.29 is 32.2 Å². The van der Waals surface area contributed by atoms with E-state index in [9.17, 15) is 27.5 Å². The molecule has 2 rings (SSSR count). The summed E-state index contributed by atoms with van der Waals surface area (Å²) >= 11 is 0. The third-order valence-corrected chi connectivity index (χ3v) is 4.11. The van der Waals surface area contributed by atoms with Crippen molar-refractivity contribution in [2.24, 2.45) is 10.7 Å². The number of carbonyl (C=O) groups excluding carboxylic acids is 1. The summed E-state index contributed by atoms with van der Waals surface area (Å²) in [5.41, 5.74) is 4.41. The number of amides is 1. The summed E-state index contributed by atoms with van der Waals surface area (Å²) in [6.07, 6.45) is 0.0946. The van der Waals surface area contributed by atoms with Gasteiger partial charge in [0.15, 0.2) is 11.6 Å². The first-order valence-electron chi connectivity index (χ1n) is 9.10. The van der Waals surface area contributed by atoms with Crippen LogP contribution < -0.4 is 15.8 Å². The Morgan fingerprint density at radius 3 is 2.47 bits per heavy atom. The predicted octanol–water partition coefficient (Wildman–Crippen LogP) is 2.76. The minimum atomic E-state index is -5.07. The zero-order valence-corrected chi connectivity index (χ0v) is 17.3. The van der Waals surface area contributed by atoms with Crippen LogP contribution in [0.4, 0.5) is 17.6 Å². The van der Waals surface area contributed by atoms with Crippen LogP contribution in [0, 0.1) is 5.82 Å². The average Bonchev–Trinajstić information content (AvgIpc) is 2.70. The second kappa shape index (κ2) is 9.73. The number of nitrogens with zero attached hydrogens (tertiary/aromatic N) is 3. The van der Waals surface area contributed by atoms with E-state index < -0.39 is 35.5 Å². The number of nitrogens with two attached hydrogens (primary N) is 1. The highest BCUT2D eigenvalue weighted by Gasteiger charge is 2.34. The van der Waals surface area contributed by atoms with Gasteiger partial charge in [0, 0.05) is 25.0 Å². The summed E-state index contributed by atoms with van der Waals surface area (Å²) in [5.74, 6) is -3.13. The summed E-state index contributed by atoms with van der Waals surface area (Å²) in [6, 6.07) is 1.38. The molecular weight excluding hydrogens is 434 g/mol. The zero-order valence-electron chi connectivity index (χ0n) is 17.3. The number of benzene rings is 1. The van der Waals surface area contributed by atoms with Gasteiger partial charge in [0.2, 0.25) is 0 Å². The molecule has 1 aromatic heterocycles. The van der Waals surface area contributed by atoms with Crippen LogP contribution in [0.25, 0.3) is 5.57 Å². The summed E-state index contributed by atoms with van der Waals surface area (Å²) < 4.78 is 54.9. The summed E-state index contributed by atoms with van der Waals surface area (Å²) in [4.78, 5) is 24.7. The van der Waals surface area contributed by atoms with Crippen LogP contribution in [0.3, 0.4) is 0 Å². The molecule has 0 aliphatic rings. The molecule has 0 saturated heterocycles. The van der Waals surface area contributed by atoms with E-state index in [1.807, 2.05) is 0 Å². The molecule has 0 aliphatic heterocycles. The molecule has 0 aliphatic carbocycles. The van der Waals surface area contributed by atoms with Crippen LogP contribution in [-0.4, -0.2) is 46.2 Å². The molecule has 4 N–H and O–H groups in total. The number of aromatic nitrogens is 2. The maximum atomic E-state index is 14.2. The highest BCUT2D eigenvalue weighted by atomic mass is 19.4. The zero-order chi connectivity index (χ0) is 24.1. The molecule has 1 unspecified atom stereocenters. The molecule has 172 valence electrons. The first kappa shape index (κ1) is 24.7. The van der Waals surface area contributed by atoms with Gasteiger partial charge in [0.1, 0.15) is 5.69 Å². The van der Waals surface area contributed by atoms with Gasteiger partial charge in [0.25, 0.3) is 5.91 Å². The fourth-order valence-corrected chi connectivity index (χ4v) is 2.73. The summed E-state index contributed by atoms with van der Waals surface area (Å²) in [7, 11) is 1.52. The Hall–Kier alpha value is -3.54. The van der Waals surface area contributed by atoms with Gasteiger partial charge in [-0.3, -0.25) is 14.8 Å². The number of alkyl halides is 3. The second-order valence-electron chi connectivity index (χ2n) is 7.10. The Labute approximate surface area is 180 Å². The third-order valence-electron chi connectivity index (χ3n) is 4.11. The van der Waals surface area contributed by atoms with E-state index in [1.54, 1.807) is 0 Å². The topological polar surface area (TPSA) is 123 Å². The van der Waals surface area contributed by atoms with Gasteiger partial charge < -0.3 is 20.9 Å². The van der Waals surface area contributed by atoms with Gasteiger partial charge >= 0.3 is 6.36 Å². The first-order valence-corrected chi connectivity index (χ1v) is 9.10. The van der Waals surface area contributed by atoms with E-state index in [0.29, 0.717) is 5.57 Å². The summed E-state index contributed by atoms with van der Waals surface area (Å²) in [6.45, 7) is 2.68. The van der Waals surface area contributed by atoms with Crippen LogP contribution in [0.1, 0.15) is 41.6 Å². The Morgan fingerprint density at radius 1 is 1.28 bits per heavy atom. The van der Waals surface area contributed by atoms with E-state index in [1.165, 1.54) is 45.7 Å². The molecule has 0 bridgehead atoms. The van der Waals surface area contributed by atoms with Crippen LogP contribution in [0.5, 0.6) is 5.75 Å². The van der Waals surface area contributed by atoms with Crippen LogP contribution in [-0.2, 0) is 0 Å². The van der Waals surface area contributed by atoms with Crippen molar-refractivity contribution in [2.75, 3.05) is 7.05 Å². The van der Waals surface area contributed by atoms with Crippen molar-refractivity contribution in [1.29, 1.82) is 0 Å². The van der Waals surface area contributed by atoms with Gasteiger partial charge in [-0.15, -0.1) is 13.2 Å². The number of aliphatic hydroxyl groups is 1. The number of aliphatic imine (C=N–C) groups is 1. The van der Waals surface area contributed by atoms with Crippen molar-refractivity contribution in [3.05, 3.63) is 59.6 Å². The van der Waals surface area contributed by atoms with Crippen molar-refractivity contribution in [1.82, 2.24) is 15.3 Å². The molecule has 0 radical (unpaired) electrons. The lowest BCUT2D eigenvalue weighted by molar-refractivity contribution is -0.275. The molecule has 0 saturated carbocycles. The van der Waals surface area contributed by atoms with E-state index >= 15 is 0 Å². The van der Waals surface area contributed by atoms with Crippen LogP contribution >= 0.6 is 0 Å². The molecule has 1 amide bonds. The monoisotopic (exact) mass is 455 g/mol. The largest absolute Gasteiger partial charge is 0.573 e. The summed E-state index contributed by atoms with van der Waals surface area (Å²) in [5, 5.41) is 13.0. The fourth-order valence-electron chi connectivity index (χ4n) is 2.73. The van der Waals surface area contributed by atoms with E-state index in [4.69, 9.17) is 5.73 Å². The molecule has 32 heavy (non-hydrogen) atoms. The van der Waals surface area contributed by atoms with Crippen molar-refractivity contribution in [2.45, 2.75) is 31.9 Å². The number of allylic oxidation sites excluding steroid dienone is 1. The highest BCUT2D eigenvalue weighted by Crippen LogP contribution is 2.31. The maximum Gasteiger partial charge on any atom is 0.573 e. The Morgan fingerprint density at radius 2 is 1.94 bits per heavy atom. The number of rotatable bonds is 7. The fraction of sp³-hybridized carbons (Fsp3) is 0.300. The molecular formula is C20H21F4N5O3. The van der Waals surface area contributed by atoms with Crippen LogP contribution in [0.2, 0.25) is 0 Å². The number of hydrogen-bond acceptors (Lipinski definition) is 7. The third kappa shape index (κ3) is 6.48. The normalized spacial score (nSPS) is 13.8. The number of ether oxygens (including phenoxy) is 1. The predicted molar refractivity (Wildman–Crippen MR) is 108 cm³/mol. The molecule has 0 spiro atoms. The minimum absolute atomic E-state index is 0.00245. The van der Waals surface area contributed by atoms with Gasteiger partial charge in [-0.1, -0.05) is 6.07 Å². The molecule has 1 heterocycles. The highest BCUT2D eigenvalue weighted by molar-refractivity contribution is 6.08. The Kier molecular flexibility index (Phi) is 7.52. The lowest BCUT2D eigenvalue weighted by Gasteiger charge is -2.30. The second-order valence-corrected chi connectivity index (χ2v) is 7.10. The van der Waals surface area contributed by atoms with E-state index in [0.717, 1.165) is 18.2 Å². The number of hydrogen-bond donors (Lipinski definition) is 3. The number of halogens is 4. The number of nitrogens with one attached hydrogen (secondary N) is 1. The van der Waals surface area contributed by atoms with Crippen molar-refractivity contribution in [3.63, 3.8) is 0 Å². The molecule has 0 fully saturated rings. The maximum absolute atomic E-state index is 14.2.